The fourth-order valence-electron chi connectivity index (χ4n) is 1.64. The van der Waals surface area contributed by atoms with Crippen LogP contribution in [0.4, 0.5) is 0 Å². The molecule has 0 spiro atoms. The van der Waals surface area contributed by atoms with Crippen molar-refractivity contribution < 1.29 is 4.74 Å². The van der Waals surface area contributed by atoms with Crippen LogP contribution in [0.15, 0.2) is 0 Å². The lowest BCUT2D eigenvalue weighted by Crippen LogP contribution is -2.40. The van der Waals surface area contributed by atoms with E-state index in [0.717, 1.165) is 19.4 Å². The third kappa shape index (κ3) is 6.02. The average Bonchev–Trinajstić information content (AvgIpc) is 2.13. The van der Waals surface area contributed by atoms with Crippen LogP contribution in [-0.4, -0.2) is 19.8 Å². The average molecular weight is 188 g/mol. The predicted molar refractivity (Wildman–Crippen MR) is 56.3 cm³/mol. The van der Waals surface area contributed by atoms with Crippen molar-refractivity contribution in [2.45, 2.75) is 45.6 Å². The van der Waals surface area contributed by atoms with Gasteiger partial charge in [-0.25, -0.2) is 0 Å². The molecule has 0 saturated heterocycles. The van der Waals surface area contributed by atoms with E-state index < -0.39 is 0 Å². The number of hydrazine groups is 1. The normalized spacial score (nSPS) is 15.7. The minimum absolute atomic E-state index is 0.440. The Bertz CT molecular complexity index is 109. The number of rotatable bonds is 8. The highest BCUT2D eigenvalue weighted by atomic mass is 16.5. The molecular formula is C10H24N2O. The van der Waals surface area contributed by atoms with Crippen LogP contribution in [0.3, 0.4) is 0 Å². The third-order valence-corrected chi connectivity index (χ3v) is 2.51. The molecule has 0 rings (SSSR count). The van der Waals surface area contributed by atoms with Crippen molar-refractivity contribution in [1.82, 2.24) is 5.43 Å². The summed E-state index contributed by atoms with van der Waals surface area (Å²) in [5, 5.41) is 0. The molecule has 0 aliphatic rings. The summed E-state index contributed by atoms with van der Waals surface area (Å²) in [6, 6.07) is 0.440. The number of nitrogens with two attached hydrogens (primary N) is 1. The molecule has 0 aliphatic carbocycles. The molecule has 0 amide bonds. The van der Waals surface area contributed by atoms with E-state index in [1.165, 1.54) is 12.8 Å². The Morgan fingerprint density at radius 2 is 2.08 bits per heavy atom. The maximum atomic E-state index is 5.50. The van der Waals surface area contributed by atoms with E-state index in [9.17, 15) is 0 Å². The SMILES string of the molecule is CCCC(C)C(CCCOC)NN. The summed E-state index contributed by atoms with van der Waals surface area (Å²) in [7, 11) is 1.74. The number of nitrogens with one attached hydrogen (secondary N) is 1. The summed E-state index contributed by atoms with van der Waals surface area (Å²) in [6.45, 7) is 5.29. The van der Waals surface area contributed by atoms with Gasteiger partial charge >= 0.3 is 0 Å². The maximum absolute atomic E-state index is 5.50. The van der Waals surface area contributed by atoms with Crippen LogP contribution in [-0.2, 0) is 4.74 Å². The molecule has 3 nitrogen and oxygen atoms in total. The highest BCUT2D eigenvalue weighted by Gasteiger charge is 2.13. The molecule has 0 aromatic rings. The van der Waals surface area contributed by atoms with Gasteiger partial charge in [0.25, 0.3) is 0 Å². The molecule has 0 aromatic carbocycles. The lowest BCUT2D eigenvalue weighted by Gasteiger charge is -2.22. The molecule has 13 heavy (non-hydrogen) atoms. The number of hydrogen-bond acceptors (Lipinski definition) is 3. The van der Waals surface area contributed by atoms with Gasteiger partial charge in [0.1, 0.15) is 0 Å². The van der Waals surface area contributed by atoms with Gasteiger partial charge in [0.05, 0.1) is 0 Å². The second-order valence-corrected chi connectivity index (χ2v) is 3.67. The van der Waals surface area contributed by atoms with Crippen molar-refractivity contribution in [2.75, 3.05) is 13.7 Å². The van der Waals surface area contributed by atoms with Gasteiger partial charge < -0.3 is 4.74 Å². The van der Waals surface area contributed by atoms with E-state index in [0.29, 0.717) is 12.0 Å². The number of methoxy groups -OCH3 is 1. The van der Waals surface area contributed by atoms with Gasteiger partial charge in [-0.1, -0.05) is 20.3 Å². The fraction of sp³-hybridized carbons (Fsp3) is 1.00. The van der Waals surface area contributed by atoms with Crippen LogP contribution in [0.25, 0.3) is 0 Å². The predicted octanol–water partition coefficient (Wildman–Crippen LogP) is 1.68. The maximum Gasteiger partial charge on any atom is 0.0462 e. The second kappa shape index (κ2) is 8.48. The van der Waals surface area contributed by atoms with Crippen LogP contribution in [0.5, 0.6) is 0 Å². The Hall–Kier alpha value is -0.120. The van der Waals surface area contributed by atoms with E-state index in [1.807, 2.05) is 0 Å². The van der Waals surface area contributed by atoms with Crippen LogP contribution in [0, 0.1) is 5.92 Å². The van der Waals surface area contributed by atoms with Gasteiger partial charge in [-0.05, 0) is 25.2 Å². The zero-order valence-electron chi connectivity index (χ0n) is 9.18. The van der Waals surface area contributed by atoms with E-state index in [1.54, 1.807) is 7.11 Å². The molecule has 0 heterocycles. The van der Waals surface area contributed by atoms with Gasteiger partial charge in [-0.3, -0.25) is 11.3 Å². The van der Waals surface area contributed by atoms with E-state index in [4.69, 9.17) is 10.6 Å². The van der Waals surface area contributed by atoms with Crippen LogP contribution >= 0.6 is 0 Å². The Kier molecular flexibility index (Phi) is 8.40. The first kappa shape index (κ1) is 12.9. The zero-order chi connectivity index (χ0) is 10.1. The zero-order valence-corrected chi connectivity index (χ0v) is 9.18. The molecule has 0 bridgehead atoms. The summed E-state index contributed by atoms with van der Waals surface area (Å²) in [5.41, 5.74) is 2.89. The summed E-state index contributed by atoms with van der Waals surface area (Å²) in [5.74, 6) is 6.15. The molecule has 0 aromatic heterocycles. The molecule has 0 aliphatic heterocycles. The largest absolute Gasteiger partial charge is 0.385 e. The van der Waals surface area contributed by atoms with E-state index in [-0.39, 0.29) is 0 Å². The van der Waals surface area contributed by atoms with E-state index in [2.05, 4.69) is 19.3 Å². The fourth-order valence-corrected chi connectivity index (χ4v) is 1.64. The first-order valence-electron chi connectivity index (χ1n) is 5.21. The van der Waals surface area contributed by atoms with Crippen molar-refractivity contribution in [3.8, 4) is 0 Å². The lowest BCUT2D eigenvalue weighted by molar-refractivity contribution is 0.183. The first-order valence-corrected chi connectivity index (χ1v) is 5.21. The second-order valence-electron chi connectivity index (χ2n) is 3.67. The quantitative estimate of drug-likeness (QED) is 0.346. The standard InChI is InChI=1S/C10H24N2O/c1-4-6-9(2)10(12-11)7-5-8-13-3/h9-10,12H,4-8,11H2,1-3H3. The third-order valence-electron chi connectivity index (χ3n) is 2.51. The molecule has 0 radical (unpaired) electrons. The van der Waals surface area contributed by atoms with Gasteiger partial charge in [-0.15, -0.1) is 0 Å². The Labute approximate surface area is 82.0 Å². The highest BCUT2D eigenvalue weighted by molar-refractivity contribution is 4.70. The van der Waals surface area contributed by atoms with Gasteiger partial charge in [-0.2, -0.15) is 0 Å². The van der Waals surface area contributed by atoms with Crippen molar-refractivity contribution in [3.63, 3.8) is 0 Å². The molecule has 3 heteroatoms. The molecular weight excluding hydrogens is 164 g/mol. The van der Waals surface area contributed by atoms with Crippen LogP contribution < -0.4 is 11.3 Å². The Morgan fingerprint density at radius 1 is 1.38 bits per heavy atom. The molecule has 0 saturated carbocycles. The topological polar surface area (TPSA) is 47.3 Å². The van der Waals surface area contributed by atoms with Gasteiger partial charge in [0, 0.05) is 19.8 Å². The van der Waals surface area contributed by atoms with Crippen molar-refractivity contribution in [3.05, 3.63) is 0 Å². The van der Waals surface area contributed by atoms with Crippen molar-refractivity contribution >= 4 is 0 Å². The minimum atomic E-state index is 0.440. The molecule has 0 fully saturated rings. The van der Waals surface area contributed by atoms with Crippen LogP contribution in [0.2, 0.25) is 0 Å². The number of ether oxygens (including phenoxy) is 1. The highest BCUT2D eigenvalue weighted by Crippen LogP contribution is 2.14. The van der Waals surface area contributed by atoms with Gasteiger partial charge in [0.15, 0.2) is 0 Å². The Morgan fingerprint density at radius 3 is 2.54 bits per heavy atom. The molecule has 80 valence electrons. The summed E-state index contributed by atoms with van der Waals surface area (Å²) < 4.78 is 5.01. The van der Waals surface area contributed by atoms with Crippen LogP contribution in [0.1, 0.15) is 39.5 Å². The van der Waals surface area contributed by atoms with Gasteiger partial charge in [0.2, 0.25) is 0 Å². The molecule has 2 unspecified atom stereocenters. The summed E-state index contributed by atoms with van der Waals surface area (Å²) in [4.78, 5) is 0. The van der Waals surface area contributed by atoms with Crippen molar-refractivity contribution in [1.29, 1.82) is 0 Å². The smallest absolute Gasteiger partial charge is 0.0462 e. The molecule has 3 N–H and O–H groups in total. The summed E-state index contributed by atoms with van der Waals surface area (Å²) in [6.07, 6.45) is 4.65. The summed E-state index contributed by atoms with van der Waals surface area (Å²) >= 11 is 0. The monoisotopic (exact) mass is 188 g/mol. The van der Waals surface area contributed by atoms with Crippen molar-refractivity contribution in [2.24, 2.45) is 11.8 Å². The molecule has 2 atom stereocenters. The number of hydrogen-bond donors (Lipinski definition) is 2. The van der Waals surface area contributed by atoms with E-state index >= 15 is 0 Å². The lowest BCUT2D eigenvalue weighted by atomic mass is 9.94. The Balaban J connectivity index is 3.60. The minimum Gasteiger partial charge on any atom is -0.385 e. The first-order chi connectivity index (χ1) is 6.26.